The molecule has 0 atom stereocenters. The van der Waals surface area contributed by atoms with Gasteiger partial charge >= 0.3 is 11.4 Å². The zero-order valence-electron chi connectivity index (χ0n) is 8.21. The topological polar surface area (TPSA) is 150 Å². The van der Waals surface area contributed by atoms with Gasteiger partial charge in [-0.05, 0) is 0 Å². The minimum Gasteiger partial charge on any atom is -0.497 e. The smallest absolute Gasteiger partial charge is 0.324 e. The number of benzene rings is 1. The molecule has 1 rings (SSSR count). The Morgan fingerprint density at radius 3 is 1.39 bits per heavy atom. The Morgan fingerprint density at radius 1 is 0.833 bits per heavy atom. The number of halogens is 2. The van der Waals surface area contributed by atoms with E-state index in [0.29, 0.717) is 12.1 Å². The van der Waals surface area contributed by atoms with Crippen molar-refractivity contribution in [2.24, 2.45) is 0 Å². The number of rotatable bonds is 3. The highest BCUT2D eigenvalue weighted by molar-refractivity contribution is 5.85. The Balaban J connectivity index is 0. The van der Waals surface area contributed by atoms with E-state index < -0.39 is 37.6 Å². The molecule has 0 unspecified atom stereocenters. The number of phenols is 1. The van der Waals surface area contributed by atoms with Crippen LogP contribution in [0.1, 0.15) is 0 Å². The van der Waals surface area contributed by atoms with Crippen molar-refractivity contribution in [1.29, 1.82) is 0 Å². The third kappa shape index (κ3) is 3.40. The van der Waals surface area contributed by atoms with E-state index >= 15 is 0 Å². The van der Waals surface area contributed by atoms with Crippen molar-refractivity contribution in [3.8, 4) is 5.75 Å². The van der Waals surface area contributed by atoms with Crippen molar-refractivity contribution >= 4 is 41.9 Å². The van der Waals surface area contributed by atoms with Crippen molar-refractivity contribution in [3.63, 3.8) is 0 Å². The summed E-state index contributed by atoms with van der Waals surface area (Å²) in [5.41, 5.74) is -3.00. The second kappa shape index (κ2) is 6.51. The summed E-state index contributed by atoms with van der Waals surface area (Å²) < 4.78 is 0. The van der Waals surface area contributed by atoms with Crippen molar-refractivity contribution in [1.82, 2.24) is 0 Å². The zero-order valence-corrected chi connectivity index (χ0v) is 9.84. The van der Waals surface area contributed by atoms with Gasteiger partial charge in [0.2, 0.25) is 0 Å². The number of aromatic hydroxyl groups is 1. The predicted octanol–water partition coefficient (Wildman–Crippen LogP) is 1.96. The predicted molar refractivity (Wildman–Crippen MR) is 62.6 cm³/mol. The van der Waals surface area contributed by atoms with Crippen LogP contribution in [-0.2, 0) is 0 Å². The quantitative estimate of drug-likeness (QED) is 0.662. The van der Waals surface area contributed by atoms with Gasteiger partial charge in [0.1, 0.15) is 0 Å². The second-order valence-electron chi connectivity index (χ2n) is 2.60. The lowest BCUT2D eigenvalue weighted by Crippen LogP contribution is -1.97. The van der Waals surface area contributed by atoms with Crippen molar-refractivity contribution < 1.29 is 19.9 Å². The lowest BCUT2D eigenvalue weighted by Gasteiger charge is -1.97. The van der Waals surface area contributed by atoms with Crippen LogP contribution in [-0.4, -0.2) is 19.9 Å². The lowest BCUT2D eigenvalue weighted by atomic mass is 10.2. The average Bonchev–Trinajstić information content (AvgIpc) is 2.16. The molecule has 0 saturated carbocycles. The van der Waals surface area contributed by atoms with E-state index in [-0.39, 0.29) is 24.8 Å². The Bertz CT molecular complexity index is 471. The highest BCUT2D eigenvalue weighted by atomic mass is 35.5. The first-order chi connectivity index (χ1) is 7.34. The average molecular weight is 302 g/mol. The fourth-order valence-electron chi connectivity index (χ4n) is 0.974. The van der Waals surface area contributed by atoms with Gasteiger partial charge < -0.3 is 5.11 Å². The Labute approximate surface area is 110 Å². The molecule has 0 saturated heterocycles. The van der Waals surface area contributed by atoms with Crippen LogP contribution in [0, 0.1) is 30.3 Å². The van der Waals surface area contributed by atoms with Crippen LogP contribution in [0.4, 0.5) is 17.1 Å². The van der Waals surface area contributed by atoms with Gasteiger partial charge in [-0.1, -0.05) is 0 Å². The number of hydrogen-bond acceptors (Lipinski definition) is 7. The number of non-ortho nitro benzene ring substituents is 1. The third-order valence-corrected chi connectivity index (χ3v) is 1.66. The first kappa shape index (κ1) is 18.2. The van der Waals surface area contributed by atoms with Gasteiger partial charge in [0.05, 0.1) is 26.9 Å². The van der Waals surface area contributed by atoms with E-state index in [1.54, 1.807) is 0 Å². The maximum Gasteiger partial charge on any atom is 0.324 e. The van der Waals surface area contributed by atoms with Gasteiger partial charge in [0.15, 0.2) is 0 Å². The summed E-state index contributed by atoms with van der Waals surface area (Å²) in [4.78, 5) is 27.8. The number of nitrogens with zero attached hydrogens (tertiary/aromatic N) is 3. The maximum absolute atomic E-state index is 10.4. The summed E-state index contributed by atoms with van der Waals surface area (Å²) in [6.07, 6.45) is 0. The van der Waals surface area contributed by atoms with Crippen molar-refractivity contribution in [2.45, 2.75) is 0 Å². The molecular formula is C6H5Cl2N3O7. The molecule has 18 heavy (non-hydrogen) atoms. The Morgan fingerprint density at radius 2 is 1.17 bits per heavy atom. The SMILES string of the molecule is Cl.Cl.O=[N+]([O-])c1cc([N+](=O)[O-])c(O)c([N+](=O)[O-])c1. The molecule has 1 aromatic rings. The van der Waals surface area contributed by atoms with Crippen molar-refractivity contribution in [3.05, 3.63) is 42.5 Å². The molecule has 1 N–H and O–H groups in total. The summed E-state index contributed by atoms with van der Waals surface area (Å²) in [5.74, 6) is -1.21. The Hall–Kier alpha value is -2.20. The van der Waals surface area contributed by atoms with Crippen LogP contribution in [0.5, 0.6) is 5.75 Å². The minimum absolute atomic E-state index is 0. The molecule has 0 aliphatic heterocycles. The summed E-state index contributed by atoms with van der Waals surface area (Å²) in [6.45, 7) is 0. The molecule has 0 fully saturated rings. The van der Waals surface area contributed by atoms with E-state index in [0.717, 1.165) is 0 Å². The molecule has 0 aliphatic rings. The van der Waals surface area contributed by atoms with Crippen LogP contribution in [0.15, 0.2) is 12.1 Å². The molecule has 0 amide bonds. The van der Waals surface area contributed by atoms with Gasteiger partial charge in [0.25, 0.3) is 11.4 Å². The summed E-state index contributed by atoms with van der Waals surface area (Å²) >= 11 is 0. The third-order valence-electron chi connectivity index (χ3n) is 1.66. The van der Waals surface area contributed by atoms with E-state index in [1.807, 2.05) is 0 Å². The largest absolute Gasteiger partial charge is 0.497 e. The number of phenolic OH excluding ortho intramolecular Hbond substituents is 1. The minimum atomic E-state index is -1.21. The van der Waals surface area contributed by atoms with Gasteiger partial charge in [-0.2, -0.15) is 0 Å². The van der Waals surface area contributed by atoms with Gasteiger partial charge in [0, 0.05) is 0 Å². The van der Waals surface area contributed by atoms with E-state index in [4.69, 9.17) is 5.11 Å². The van der Waals surface area contributed by atoms with Crippen LogP contribution in [0.25, 0.3) is 0 Å². The normalized spacial score (nSPS) is 8.67. The first-order valence-electron chi connectivity index (χ1n) is 3.64. The molecule has 0 aromatic heterocycles. The molecule has 0 heterocycles. The van der Waals surface area contributed by atoms with Crippen LogP contribution < -0.4 is 0 Å². The molecule has 0 bridgehead atoms. The fraction of sp³-hybridized carbons (Fsp3) is 0. The van der Waals surface area contributed by atoms with Crippen LogP contribution in [0.3, 0.4) is 0 Å². The van der Waals surface area contributed by atoms with E-state index in [1.165, 1.54) is 0 Å². The number of nitro groups is 3. The highest BCUT2D eigenvalue weighted by Gasteiger charge is 2.29. The summed E-state index contributed by atoms with van der Waals surface area (Å²) in [7, 11) is 0. The van der Waals surface area contributed by atoms with Crippen molar-refractivity contribution in [2.75, 3.05) is 0 Å². The van der Waals surface area contributed by atoms with Gasteiger partial charge in [-0.15, -0.1) is 24.8 Å². The van der Waals surface area contributed by atoms with E-state index in [9.17, 15) is 30.3 Å². The molecule has 100 valence electrons. The monoisotopic (exact) mass is 301 g/mol. The molecule has 0 radical (unpaired) electrons. The summed E-state index contributed by atoms with van der Waals surface area (Å²) in [5, 5.41) is 40.2. The molecule has 12 heteroatoms. The zero-order chi connectivity index (χ0) is 12.5. The number of hydrogen-bond donors (Lipinski definition) is 1. The molecule has 1 aromatic carbocycles. The Kier molecular flexibility index (Phi) is 6.58. The second-order valence-corrected chi connectivity index (χ2v) is 2.60. The van der Waals surface area contributed by atoms with E-state index in [2.05, 4.69) is 0 Å². The first-order valence-corrected chi connectivity index (χ1v) is 3.64. The highest BCUT2D eigenvalue weighted by Crippen LogP contribution is 2.38. The lowest BCUT2D eigenvalue weighted by molar-refractivity contribution is -0.404. The molecule has 10 nitrogen and oxygen atoms in total. The fourth-order valence-corrected chi connectivity index (χ4v) is 0.974. The number of nitro benzene ring substituents is 3. The van der Waals surface area contributed by atoms with Crippen LogP contribution >= 0.6 is 24.8 Å². The summed E-state index contributed by atoms with van der Waals surface area (Å²) in [6, 6.07) is 0.894. The van der Waals surface area contributed by atoms with Gasteiger partial charge in [-0.25, -0.2) is 0 Å². The van der Waals surface area contributed by atoms with Gasteiger partial charge in [-0.3, -0.25) is 30.3 Å². The van der Waals surface area contributed by atoms with Crippen LogP contribution in [0.2, 0.25) is 0 Å². The molecule has 0 aliphatic carbocycles. The maximum atomic E-state index is 10.4. The molecular weight excluding hydrogens is 297 g/mol. The molecule has 0 spiro atoms. The standard InChI is InChI=1S/C6H3N3O7.2ClH/c10-6-4(8(13)14)1-3(7(11)12)2-5(6)9(15)16;;/h1-2,10H;2*1H.